The fraction of sp³-hybridized carbons (Fsp3) is 0.556. The van der Waals surface area contributed by atoms with Crippen molar-refractivity contribution >= 4 is 51.8 Å². The van der Waals surface area contributed by atoms with E-state index in [9.17, 15) is 9.59 Å². The van der Waals surface area contributed by atoms with Crippen molar-refractivity contribution in [2.24, 2.45) is 0 Å². The maximum atomic E-state index is 11.7. The quantitative estimate of drug-likeness (QED) is 0.419. The Morgan fingerprint density at radius 2 is 2.40 bits per heavy atom. The molecular formula is C9H14N6O2S3. The number of nitrogens with one attached hydrogen (secondary N) is 4. The lowest BCUT2D eigenvalue weighted by Gasteiger charge is -2.24. The highest BCUT2D eigenvalue weighted by Gasteiger charge is 2.18. The van der Waals surface area contributed by atoms with Gasteiger partial charge in [0.15, 0.2) is 4.34 Å². The van der Waals surface area contributed by atoms with Gasteiger partial charge in [0.2, 0.25) is 16.9 Å². The molecule has 110 valence electrons. The highest BCUT2D eigenvalue weighted by Crippen LogP contribution is 2.25. The van der Waals surface area contributed by atoms with Gasteiger partial charge in [-0.25, -0.2) is 10.9 Å². The first-order chi connectivity index (χ1) is 9.67. The number of hydrazine groups is 1. The van der Waals surface area contributed by atoms with E-state index in [4.69, 9.17) is 0 Å². The topological polar surface area (TPSA) is 108 Å². The lowest BCUT2D eigenvalue weighted by atomic mass is 10.6. The van der Waals surface area contributed by atoms with Crippen LogP contribution in [0, 0.1) is 0 Å². The van der Waals surface area contributed by atoms with E-state index >= 15 is 0 Å². The molecule has 0 aliphatic carbocycles. The van der Waals surface area contributed by atoms with E-state index in [0.29, 0.717) is 5.13 Å². The molecule has 0 radical (unpaired) electrons. The second kappa shape index (κ2) is 7.78. The molecule has 1 aliphatic rings. The van der Waals surface area contributed by atoms with Gasteiger partial charge in [-0.15, -0.1) is 22.0 Å². The van der Waals surface area contributed by atoms with Crippen LogP contribution >= 0.6 is 34.9 Å². The summed E-state index contributed by atoms with van der Waals surface area (Å²) in [7, 11) is 0. The first kappa shape index (κ1) is 15.5. The van der Waals surface area contributed by atoms with Crippen LogP contribution in [0.1, 0.15) is 6.92 Å². The maximum absolute atomic E-state index is 11.7. The predicted octanol–water partition coefficient (Wildman–Crippen LogP) is -0.171. The molecule has 8 nitrogen and oxygen atoms in total. The van der Waals surface area contributed by atoms with Crippen LogP contribution < -0.4 is 21.5 Å². The van der Waals surface area contributed by atoms with Gasteiger partial charge in [-0.2, -0.15) is 0 Å². The van der Waals surface area contributed by atoms with E-state index in [0.717, 1.165) is 10.1 Å². The van der Waals surface area contributed by atoms with Gasteiger partial charge in [0, 0.05) is 0 Å². The maximum Gasteiger partial charge on any atom is 0.237 e. The number of carbonyl (C=O) groups is 2. The summed E-state index contributed by atoms with van der Waals surface area (Å²) in [5.41, 5.74) is 5.28. The van der Waals surface area contributed by atoms with Crippen molar-refractivity contribution in [2.45, 2.75) is 16.8 Å². The Kier molecular flexibility index (Phi) is 6.04. The summed E-state index contributed by atoms with van der Waals surface area (Å²) in [6.07, 6.45) is 0. The highest BCUT2D eigenvalue weighted by atomic mass is 32.2. The van der Waals surface area contributed by atoms with Crippen molar-refractivity contribution < 1.29 is 9.59 Å². The number of thioether (sulfide) groups is 2. The molecular weight excluding hydrogens is 320 g/mol. The van der Waals surface area contributed by atoms with Crippen molar-refractivity contribution in [3.63, 3.8) is 0 Å². The van der Waals surface area contributed by atoms with Gasteiger partial charge < -0.3 is 5.32 Å². The largest absolute Gasteiger partial charge is 0.330 e. The first-order valence-electron chi connectivity index (χ1n) is 5.83. The smallest absolute Gasteiger partial charge is 0.237 e. The minimum Gasteiger partial charge on any atom is -0.330 e. The molecule has 0 spiro atoms. The summed E-state index contributed by atoms with van der Waals surface area (Å²) in [5.74, 6) is 0.835. The fourth-order valence-corrected chi connectivity index (χ4v) is 3.73. The summed E-state index contributed by atoms with van der Waals surface area (Å²) in [6.45, 7) is 2.26. The van der Waals surface area contributed by atoms with E-state index in [1.54, 1.807) is 11.8 Å². The second-order valence-electron chi connectivity index (χ2n) is 3.61. The third-order valence-corrected chi connectivity index (χ3v) is 4.93. The third kappa shape index (κ3) is 4.90. The van der Waals surface area contributed by atoms with Crippen molar-refractivity contribution in [3.05, 3.63) is 0 Å². The lowest BCUT2D eigenvalue weighted by Crippen LogP contribution is -2.58. The number of hydrogen-bond acceptors (Lipinski definition) is 9. The van der Waals surface area contributed by atoms with Gasteiger partial charge in [-0.05, 0) is 5.75 Å². The van der Waals surface area contributed by atoms with Crippen molar-refractivity contribution in [2.75, 3.05) is 23.4 Å². The standard InChI is InChI=1S/C9H14N6O2S3/c1-2-18-9-15-14-8(20-9)12-6(17)4-19-7-11-5(16)3-10-13-7/h7,10,13H,2-4H2,1H3,(H,11,16)(H,12,14,17). The number of anilines is 1. The van der Waals surface area contributed by atoms with E-state index in [1.807, 2.05) is 6.92 Å². The van der Waals surface area contributed by atoms with Crippen molar-refractivity contribution in [1.82, 2.24) is 26.4 Å². The molecule has 1 aliphatic heterocycles. The lowest BCUT2D eigenvalue weighted by molar-refractivity contribution is -0.122. The summed E-state index contributed by atoms with van der Waals surface area (Å²) in [5, 5.41) is 13.7. The number of nitrogens with zero attached hydrogens (tertiary/aromatic N) is 2. The van der Waals surface area contributed by atoms with Crippen LogP contribution in [0.5, 0.6) is 0 Å². The van der Waals surface area contributed by atoms with Crippen LogP contribution in [0.25, 0.3) is 0 Å². The van der Waals surface area contributed by atoms with E-state index in [2.05, 4.69) is 31.7 Å². The number of hydrogen-bond donors (Lipinski definition) is 4. The van der Waals surface area contributed by atoms with Crippen molar-refractivity contribution in [1.29, 1.82) is 0 Å². The van der Waals surface area contributed by atoms with Gasteiger partial charge in [0.1, 0.15) is 5.50 Å². The highest BCUT2D eigenvalue weighted by molar-refractivity contribution is 8.01. The Labute approximate surface area is 128 Å². The molecule has 20 heavy (non-hydrogen) atoms. The molecule has 11 heteroatoms. The zero-order chi connectivity index (χ0) is 14.4. The Hall–Kier alpha value is -0.880. The number of amides is 2. The number of rotatable bonds is 6. The van der Waals surface area contributed by atoms with Crippen molar-refractivity contribution in [3.8, 4) is 0 Å². The van der Waals surface area contributed by atoms with Crippen LogP contribution in [0.4, 0.5) is 5.13 Å². The van der Waals surface area contributed by atoms with Crippen LogP contribution in [0.15, 0.2) is 4.34 Å². The zero-order valence-electron chi connectivity index (χ0n) is 10.6. The van der Waals surface area contributed by atoms with Gasteiger partial charge in [-0.3, -0.25) is 14.9 Å². The summed E-state index contributed by atoms with van der Waals surface area (Å²) < 4.78 is 0.834. The van der Waals surface area contributed by atoms with E-state index in [1.165, 1.54) is 23.1 Å². The van der Waals surface area contributed by atoms with E-state index < -0.39 is 0 Å². The second-order valence-corrected chi connectivity index (χ2v) is 7.19. The Bertz CT molecular complexity index is 482. The van der Waals surface area contributed by atoms with Gasteiger partial charge in [0.25, 0.3) is 0 Å². The van der Waals surface area contributed by atoms with Gasteiger partial charge >= 0.3 is 0 Å². The average molecular weight is 334 g/mol. The molecule has 1 unspecified atom stereocenters. The fourth-order valence-electron chi connectivity index (χ4n) is 1.30. The molecule has 0 bridgehead atoms. The minimum absolute atomic E-state index is 0.105. The number of carbonyl (C=O) groups excluding carboxylic acids is 2. The molecule has 2 rings (SSSR count). The molecule has 1 aromatic rings. The monoisotopic (exact) mass is 334 g/mol. The Morgan fingerprint density at radius 3 is 3.15 bits per heavy atom. The van der Waals surface area contributed by atoms with Crippen LogP contribution in [-0.4, -0.2) is 45.6 Å². The average Bonchev–Trinajstić information content (AvgIpc) is 2.84. The summed E-state index contributed by atoms with van der Waals surface area (Å²) in [6, 6.07) is 0. The SMILES string of the molecule is CCSc1nnc(NC(=O)CSC2NNCC(=O)N2)s1. The zero-order valence-corrected chi connectivity index (χ0v) is 13.1. The van der Waals surface area contributed by atoms with E-state index in [-0.39, 0.29) is 29.6 Å². The molecule has 1 aromatic heterocycles. The van der Waals surface area contributed by atoms with Crippen LogP contribution in [-0.2, 0) is 9.59 Å². The molecule has 1 atom stereocenters. The molecule has 1 saturated heterocycles. The first-order valence-corrected chi connectivity index (χ1v) is 8.68. The molecule has 1 fully saturated rings. The van der Waals surface area contributed by atoms with Crippen LogP contribution in [0.3, 0.4) is 0 Å². The molecule has 0 aromatic carbocycles. The molecule has 0 saturated carbocycles. The van der Waals surface area contributed by atoms with Gasteiger partial charge in [0.05, 0.1) is 12.3 Å². The molecule has 4 N–H and O–H groups in total. The Morgan fingerprint density at radius 1 is 1.55 bits per heavy atom. The summed E-state index contributed by atoms with van der Waals surface area (Å²) >= 11 is 4.21. The molecule has 2 heterocycles. The third-order valence-electron chi connectivity index (χ3n) is 2.08. The minimum atomic E-state index is -0.317. The normalized spacial score (nSPS) is 18.6. The van der Waals surface area contributed by atoms with Crippen LogP contribution in [0.2, 0.25) is 0 Å². The molecule has 2 amide bonds. The Balaban J connectivity index is 1.72. The van der Waals surface area contributed by atoms with Gasteiger partial charge in [-0.1, -0.05) is 30.0 Å². The number of aromatic nitrogens is 2. The predicted molar refractivity (Wildman–Crippen MR) is 80.5 cm³/mol. The summed E-state index contributed by atoms with van der Waals surface area (Å²) in [4.78, 5) is 22.9.